The third-order valence-corrected chi connectivity index (χ3v) is 6.71. The number of nitrogens with zero attached hydrogens (tertiary/aromatic N) is 3. The molecule has 0 unspecified atom stereocenters. The molecule has 0 bridgehead atoms. The zero-order valence-electron chi connectivity index (χ0n) is 17.6. The van der Waals surface area contributed by atoms with Crippen LogP contribution >= 0.6 is 0 Å². The fourth-order valence-corrected chi connectivity index (χ4v) is 4.75. The molecule has 5 rings (SSSR count). The maximum absolute atomic E-state index is 14.1. The standard InChI is InChI=1S/C23H29FN4O3/c24-20-11-25-22(27-21(20)31-12-16-1-7-19(29)8-2-16)26-17-3-5-18(6-4-17)28-13-23(14-28)9-10-30-15-23/h3-6,11,16,19,29H,1-2,7-10,12-15H2,(H,25,26,27). The third-order valence-electron chi connectivity index (χ3n) is 6.71. The van der Waals surface area contributed by atoms with Gasteiger partial charge in [-0.1, -0.05) is 0 Å². The van der Waals surface area contributed by atoms with E-state index in [9.17, 15) is 9.50 Å². The van der Waals surface area contributed by atoms with Crippen molar-refractivity contribution in [2.24, 2.45) is 11.3 Å². The molecule has 3 aliphatic rings. The molecule has 2 saturated heterocycles. The Kier molecular flexibility index (Phi) is 5.67. The normalized spacial score (nSPS) is 24.8. The van der Waals surface area contributed by atoms with Crippen molar-refractivity contribution in [3.8, 4) is 5.88 Å². The highest BCUT2D eigenvalue weighted by Crippen LogP contribution is 2.40. The number of aliphatic hydroxyl groups excluding tert-OH is 1. The van der Waals surface area contributed by atoms with Gasteiger partial charge >= 0.3 is 0 Å². The molecule has 3 fully saturated rings. The molecule has 7 nitrogen and oxygen atoms in total. The predicted molar refractivity (Wildman–Crippen MR) is 115 cm³/mol. The lowest BCUT2D eigenvalue weighted by Gasteiger charge is -2.48. The average Bonchev–Trinajstić information content (AvgIpc) is 3.25. The van der Waals surface area contributed by atoms with E-state index in [4.69, 9.17) is 9.47 Å². The highest BCUT2D eigenvalue weighted by Gasteiger charge is 2.45. The molecule has 1 aromatic carbocycles. The first-order chi connectivity index (χ1) is 15.1. The number of aliphatic hydroxyl groups is 1. The lowest BCUT2D eigenvalue weighted by atomic mass is 9.79. The van der Waals surface area contributed by atoms with Gasteiger partial charge in [-0.15, -0.1) is 0 Å². The molecule has 0 amide bonds. The van der Waals surface area contributed by atoms with Crippen LogP contribution in [0, 0.1) is 17.2 Å². The van der Waals surface area contributed by atoms with Crippen LogP contribution in [0.25, 0.3) is 0 Å². The van der Waals surface area contributed by atoms with E-state index in [2.05, 4.69) is 32.3 Å². The molecular formula is C23H29FN4O3. The molecule has 8 heteroatoms. The lowest BCUT2D eigenvalue weighted by Crippen LogP contribution is -2.56. The Morgan fingerprint density at radius 3 is 2.68 bits per heavy atom. The molecule has 2 N–H and O–H groups in total. The SMILES string of the molecule is OC1CCC(COc2nc(Nc3ccc(N4CC5(CCOC5)C4)cc3)ncc2F)CC1. The second kappa shape index (κ2) is 8.59. The van der Waals surface area contributed by atoms with Crippen LogP contribution in [0.15, 0.2) is 30.5 Å². The largest absolute Gasteiger partial charge is 0.475 e. The number of hydrogen-bond acceptors (Lipinski definition) is 7. The number of ether oxygens (including phenoxy) is 2. The first kappa shape index (κ1) is 20.5. The van der Waals surface area contributed by atoms with Gasteiger partial charge in [-0.3, -0.25) is 0 Å². The topological polar surface area (TPSA) is 79.7 Å². The van der Waals surface area contributed by atoms with Crippen molar-refractivity contribution in [3.63, 3.8) is 0 Å². The van der Waals surface area contributed by atoms with E-state index in [1.54, 1.807) is 0 Å². The van der Waals surface area contributed by atoms with Gasteiger partial charge in [-0.05, 0) is 62.3 Å². The van der Waals surface area contributed by atoms with Crippen LogP contribution in [0.1, 0.15) is 32.1 Å². The number of hydrogen-bond donors (Lipinski definition) is 2. The average molecular weight is 429 g/mol. The summed E-state index contributed by atoms with van der Waals surface area (Å²) in [6.07, 6.45) is 5.39. The molecule has 1 aliphatic carbocycles. The fourth-order valence-electron chi connectivity index (χ4n) is 4.75. The van der Waals surface area contributed by atoms with Crippen LogP contribution < -0.4 is 15.0 Å². The lowest BCUT2D eigenvalue weighted by molar-refractivity contribution is 0.0899. The molecular weight excluding hydrogens is 399 g/mol. The molecule has 2 aliphatic heterocycles. The molecule has 1 aromatic heterocycles. The van der Waals surface area contributed by atoms with Crippen molar-refractivity contribution in [1.29, 1.82) is 0 Å². The Morgan fingerprint density at radius 2 is 1.97 bits per heavy atom. The minimum atomic E-state index is -0.570. The van der Waals surface area contributed by atoms with Crippen LogP contribution in [0.2, 0.25) is 0 Å². The van der Waals surface area contributed by atoms with Gasteiger partial charge in [0.15, 0.2) is 0 Å². The molecule has 1 saturated carbocycles. The van der Waals surface area contributed by atoms with Crippen molar-refractivity contribution < 1.29 is 19.0 Å². The van der Waals surface area contributed by atoms with Gasteiger partial charge < -0.3 is 24.8 Å². The maximum atomic E-state index is 14.1. The van der Waals surface area contributed by atoms with Gasteiger partial charge in [0.2, 0.25) is 11.8 Å². The van der Waals surface area contributed by atoms with Gasteiger partial charge in [0, 0.05) is 36.5 Å². The first-order valence-electron chi connectivity index (χ1n) is 11.1. The van der Waals surface area contributed by atoms with E-state index in [-0.39, 0.29) is 12.0 Å². The number of halogens is 1. The number of nitrogens with one attached hydrogen (secondary N) is 1. The van der Waals surface area contributed by atoms with Crippen LogP contribution in [-0.2, 0) is 4.74 Å². The molecule has 2 aromatic rings. The van der Waals surface area contributed by atoms with Crippen LogP contribution in [0.4, 0.5) is 21.7 Å². The summed E-state index contributed by atoms with van der Waals surface area (Å²) in [5, 5.41) is 12.7. The van der Waals surface area contributed by atoms with E-state index in [1.807, 2.05) is 12.1 Å². The fraction of sp³-hybridized carbons (Fsp3) is 0.565. The van der Waals surface area contributed by atoms with E-state index in [1.165, 1.54) is 5.69 Å². The summed E-state index contributed by atoms with van der Waals surface area (Å²) in [6, 6.07) is 8.10. The Bertz CT molecular complexity index is 888. The summed E-state index contributed by atoms with van der Waals surface area (Å²) in [6.45, 7) is 4.24. The minimum Gasteiger partial charge on any atom is -0.475 e. The van der Waals surface area contributed by atoms with Gasteiger partial charge in [0.05, 0.1) is 25.5 Å². The first-order valence-corrected chi connectivity index (χ1v) is 11.1. The predicted octanol–water partition coefficient (Wildman–Crippen LogP) is 3.52. The minimum absolute atomic E-state index is 0.0371. The molecule has 1 spiro atoms. The van der Waals surface area contributed by atoms with Gasteiger partial charge in [-0.25, -0.2) is 4.98 Å². The van der Waals surface area contributed by atoms with Gasteiger partial charge in [0.1, 0.15) is 0 Å². The summed E-state index contributed by atoms with van der Waals surface area (Å²) in [5.41, 5.74) is 2.37. The highest BCUT2D eigenvalue weighted by molar-refractivity contribution is 5.60. The van der Waals surface area contributed by atoms with E-state index in [0.717, 1.165) is 70.3 Å². The molecule has 3 heterocycles. The number of aromatic nitrogens is 2. The maximum Gasteiger partial charge on any atom is 0.255 e. The monoisotopic (exact) mass is 428 g/mol. The van der Waals surface area contributed by atoms with E-state index < -0.39 is 5.82 Å². The third kappa shape index (κ3) is 4.60. The van der Waals surface area contributed by atoms with Crippen molar-refractivity contribution >= 4 is 17.3 Å². The van der Waals surface area contributed by atoms with E-state index in [0.29, 0.717) is 23.9 Å². The summed E-state index contributed by atoms with van der Waals surface area (Å²) in [5.74, 6) is 0.0108. The summed E-state index contributed by atoms with van der Waals surface area (Å²) >= 11 is 0. The van der Waals surface area contributed by atoms with Crippen LogP contribution in [-0.4, -0.2) is 54.1 Å². The molecule has 166 valence electrons. The second-order valence-electron chi connectivity index (χ2n) is 9.16. The van der Waals surface area contributed by atoms with E-state index >= 15 is 0 Å². The zero-order chi connectivity index (χ0) is 21.3. The summed E-state index contributed by atoms with van der Waals surface area (Å²) < 4.78 is 25.3. The number of anilines is 3. The summed E-state index contributed by atoms with van der Waals surface area (Å²) in [4.78, 5) is 10.6. The Morgan fingerprint density at radius 1 is 1.19 bits per heavy atom. The number of rotatable bonds is 6. The Balaban J connectivity index is 1.17. The van der Waals surface area contributed by atoms with Crippen LogP contribution in [0.5, 0.6) is 5.88 Å². The molecule has 31 heavy (non-hydrogen) atoms. The number of benzene rings is 1. The van der Waals surface area contributed by atoms with Crippen molar-refractivity contribution in [1.82, 2.24) is 9.97 Å². The highest BCUT2D eigenvalue weighted by atomic mass is 19.1. The van der Waals surface area contributed by atoms with Crippen molar-refractivity contribution in [3.05, 3.63) is 36.3 Å². The van der Waals surface area contributed by atoms with Crippen molar-refractivity contribution in [2.75, 3.05) is 43.1 Å². The quantitative estimate of drug-likeness (QED) is 0.729. The molecule has 0 atom stereocenters. The van der Waals surface area contributed by atoms with Gasteiger partial charge in [0.25, 0.3) is 5.88 Å². The second-order valence-corrected chi connectivity index (χ2v) is 9.16. The smallest absolute Gasteiger partial charge is 0.255 e. The van der Waals surface area contributed by atoms with Crippen LogP contribution in [0.3, 0.4) is 0 Å². The molecule has 0 radical (unpaired) electrons. The van der Waals surface area contributed by atoms with Gasteiger partial charge in [-0.2, -0.15) is 9.37 Å². The Hall–Kier alpha value is -2.45. The van der Waals surface area contributed by atoms with Crippen molar-refractivity contribution in [2.45, 2.75) is 38.2 Å². The summed E-state index contributed by atoms with van der Waals surface area (Å²) in [7, 11) is 0. The zero-order valence-corrected chi connectivity index (χ0v) is 17.6. The Labute approximate surface area is 181 Å².